The highest BCUT2D eigenvalue weighted by atomic mass is 19.1. The Balaban J connectivity index is 2.19. The Bertz CT molecular complexity index is 476. The maximum atomic E-state index is 14.0. The van der Waals surface area contributed by atoms with Crippen molar-refractivity contribution in [1.82, 2.24) is 10.2 Å². The highest BCUT2D eigenvalue weighted by Gasteiger charge is 2.23. The minimum atomic E-state index is -0.456. The molecular formula is C14H20FN3O. The topological polar surface area (TPSA) is 35.6 Å². The van der Waals surface area contributed by atoms with Crippen LogP contribution in [0.1, 0.15) is 17.3 Å². The molecule has 5 heteroatoms. The molecule has 19 heavy (non-hydrogen) atoms. The Kier molecular flexibility index (Phi) is 4.04. The third kappa shape index (κ3) is 3.04. The van der Waals surface area contributed by atoms with E-state index in [9.17, 15) is 9.18 Å². The molecule has 1 fully saturated rings. The maximum absolute atomic E-state index is 14.0. The molecule has 0 bridgehead atoms. The Morgan fingerprint density at radius 1 is 1.47 bits per heavy atom. The molecule has 0 saturated carbocycles. The third-order valence-electron chi connectivity index (χ3n) is 3.36. The lowest BCUT2D eigenvalue weighted by Crippen LogP contribution is -2.51. The smallest absolute Gasteiger partial charge is 0.256 e. The molecule has 104 valence electrons. The van der Waals surface area contributed by atoms with Gasteiger partial charge in [0.25, 0.3) is 5.91 Å². The van der Waals surface area contributed by atoms with E-state index in [1.54, 1.807) is 17.0 Å². The summed E-state index contributed by atoms with van der Waals surface area (Å²) >= 11 is 0. The summed E-state index contributed by atoms with van der Waals surface area (Å²) in [6, 6.07) is 4.99. The van der Waals surface area contributed by atoms with Crippen LogP contribution in [0, 0.1) is 5.82 Å². The van der Waals surface area contributed by atoms with Crippen molar-refractivity contribution in [3.8, 4) is 0 Å². The van der Waals surface area contributed by atoms with Crippen molar-refractivity contribution in [3.05, 3.63) is 29.6 Å². The van der Waals surface area contributed by atoms with E-state index in [0.717, 1.165) is 12.2 Å². The molecule has 1 aromatic carbocycles. The molecule has 1 aromatic rings. The average molecular weight is 265 g/mol. The van der Waals surface area contributed by atoms with E-state index in [2.05, 4.69) is 5.32 Å². The first kappa shape index (κ1) is 13.8. The molecule has 1 heterocycles. The van der Waals surface area contributed by atoms with Gasteiger partial charge in [0.05, 0.1) is 5.56 Å². The Hall–Kier alpha value is -1.62. The van der Waals surface area contributed by atoms with Gasteiger partial charge in [0.15, 0.2) is 0 Å². The molecule has 1 atom stereocenters. The largest absolute Gasteiger partial charge is 0.378 e. The fraction of sp³-hybridized carbons (Fsp3) is 0.500. The lowest BCUT2D eigenvalue weighted by molar-refractivity contribution is 0.0704. The van der Waals surface area contributed by atoms with E-state index >= 15 is 0 Å². The predicted molar refractivity (Wildman–Crippen MR) is 74.1 cm³/mol. The Morgan fingerprint density at radius 3 is 2.79 bits per heavy atom. The van der Waals surface area contributed by atoms with E-state index in [1.807, 2.05) is 25.9 Å². The zero-order valence-corrected chi connectivity index (χ0v) is 11.6. The molecule has 0 aliphatic carbocycles. The van der Waals surface area contributed by atoms with Gasteiger partial charge in [-0.15, -0.1) is 0 Å². The maximum Gasteiger partial charge on any atom is 0.256 e. The second-order valence-corrected chi connectivity index (χ2v) is 5.16. The van der Waals surface area contributed by atoms with Crippen molar-refractivity contribution in [3.63, 3.8) is 0 Å². The van der Waals surface area contributed by atoms with Crippen molar-refractivity contribution in [2.45, 2.75) is 13.0 Å². The Morgan fingerprint density at radius 2 is 2.21 bits per heavy atom. The van der Waals surface area contributed by atoms with Crippen LogP contribution in [0.2, 0.25) is 0 Å². The standard InChI is InChI=1S/C14H20FN3O/c1-10-9-18(7-6-16-10)14(19)12-5-4-11(17(2)3)8-13(12)15/h4-5,8,10,16H,6-7,9H2,1-3H3/t10-/m1/s1. The number of anilines is 1. The zero-order valence-electron chi connectivity index (χ0n) is 11.6. The normalized spacial score (nSPS) is 19.4. The summed E-state index contributed by atoms with van der Waals surface area (Å²) in [5, 5.41) is 3.26. The molecule has 2 rings (SSSR count). The molecule has 1 N–H and O–H groups in total. The summed E-state index contributed by atoms with van der Waals surface area (Å²) in [5.74, 6) is -0.682. The first-order valence-electron chi connectivity index (χ1n) is 6.48. The number of piperazine rings is 1. The number of nitrogens with zero attached hydrogens (tertiary/aromatic N) is 2. The van der Waals surface area contributed by atoms with Crippen molar-refractivity contribution in [1.29, 1.82) is 0 Å². The van der Waals surface area contributed by atoms with Crippen LogP contribution in [0.5, 0.6) is 0 Å². The number of carbonyl (C=O) groups is 1. The fourth-order valence-corrected chi connectivity index (χ4v) is 2.24. The van der Waals surface area contributed by atoms with Gasteiger partial charge in [0.1, 0.15) is 5.82 Å². The molecule has 0 spiro atoms. The van der Waals surface area contributed by atoms with Gasteiger partial charge in [-0.25, -0.2) is 4.39 Å². The molecule has 1 aliphatic heterocycles. The number of benzene rings is 1. The van der Waals surface area contributed by atoms with Gasteiger partial charge >= 0.3 is 0 Å². The van der Waals surface area contributed by atoms with Crippen LogP contribution < -0.4 is 10.2 Å². The quantitative estimate of drug-likeness (QED) is 0.876. The van der Waals surface area contributed by atoms with Crippen molar-refractivity contribution >= 4 is 11.6 Å². The van der Waals surface area contributed by atoms with Crippen LogP contribution in [0.15, 0.2) is 18.2 Å². The van der Waals surface area contributed by atoms with Crippen molar-refractivity contribution < 1.29 is 9.18 Å². The monoisotopic (exact) mass is 265 g/mol. The average Bonchev–Trinajstić information content (AvgIpc) is 2.37. The van der Waals surface area contributed by atoms with Gasteiger partial charge in [-0.1, -0.05) is 0 Å². The highest BCUT2D eigenvalue weighted by molar-refractivity contribution is 5.95. The molecule has 1 saturated heterocycles. The lowest BCUT2D eigenvalue weighted by Gasteiger charge is -2.32. The van der Waals surface area contributed by atoms with Gasteiger partial charge in [-0.05, 0) is 25.1 Å². The second-order valence-electron chi connectivity index (χ2n) is 5.16. The van der Waals surface area contributed by atoms with Crippen LogP contribution in [0.3, 0.4) is 0 Å². The minimum Gasteiger partial charge on any atom is -0.378 e. The number of amides is 1. The minimum absolute atomic E-state index is 0.153. The molecule has 1 amide bonds. The molecule has 0 unspecified atom stereocenters. The Labute approximate surface area is 113 Å². The number of nitrogens with one attached hydrogen (secondary N) is 1. The van der Waals surface area contributed by atoms with E-state index in [1.165, 1.54) is 6.07 Å². The number of halogens is 1. The molecule has 0 aromatic heterocycles. The van der Waals surface area contributed by atoms with Crippen LogP contribution in [-0.4, -0.2) is 50.6 Å². The number of rotatable bonds is 2. The van der Waals surface area contributed by atoms with E-state index in [-0.39, 0.29) is 17.5 Å². The van der Waals surface area contributed by atoms with Crippen LogP contribution in [0.4, 0.5) is 10.1 Å². The number of hydrogen-bond donors (Lipinski definition) is 1. The van der Waals surface area contributed by atoms with Crippen LogP contribution >= 0.6 is 0 Å². The van der Waals surface area contributed by atoms with Gasteiger partial charge in [0, 0.05) is 45.5 Å². The summed E-state index contributed by atoms with van der Waals surface area (Å²) in [5.41, 5.74) is 0.905. The van der Waals surface area contributed by atoms with E-state index < -0.39 is 5.82 Å². The number of carbonyl (C=O) groups excluding carboxylic acids is 1. The van der Waals surface area contributed by atoms with E-state index in [4.69, 9.17) is 0 Å². The van der Waals surface area contributed by atoms with Crippen LogP contribution in [-0.2, 0) is 0 Å². The summed E-state index contributed by atoms with van der Waals surface area (Å²) < 4.78 is 14.0. The highest BCUT2D eigenvalue weighted by Crippen LogP contribution is 2.18. The van der Waals surface area contributed by atoms with Gasteiger partial charge in [-0.3, -0.25) is 4.79 Å². The number of hydrogen-bond acceptors (Lipinski definition) is 3. The van der Waals surface area contributed by atoms with Crippen molar-refractivity contribution in [2.24, 2.45) is 0 Å². The van der Waals surface area contributed by atoms with Crippen molar-refractivity contribution in [2.75, 3.05) is 38.6 Å². The predicted octanol–water partition coefficient (Wildman–Crippen LogP) is 1.33. The molecule has 4 nitrogen and oxygen atoms in total. The second kappa shape index (κ2) is 5.57. The lowest BCUT2D eigenvalue weighted by atomic mass is 10.1. The summed E-state index contributed by atoms with van der Waals surface area (Å²) in [6.07, 6.45) is 0. The molecule has 0 radical (unpaired) electrons. The zero-order chi connectivity index (χ0) is 14.0. The van der Waals surface area contributed by atoms with E-state index in [0.29, 0.717) is 13.1 Å². The summed E-state index contributed by atoms with van der Waals surface area (Å²) in [6.45, 7) is 4.01. The van der Waals surface area contributed by atoms with Crippen LogP contribution in [0.25, 0.3) is 0 Å². The third-order valence-corrected chi connectivity index (χ3v) is 3.36. The summed E-state index contributed by atoms with van der Waals surface area (Å²) in [4.78, 5) is 15.8. The first-order chi connectivity index (χ1) is 8.99. The van der Waals surface area contributed by atoms with Gasteiger partial charge < -0.3 is 15.1 Å². The molecular weight excluding hydrogens is 245 g/mol. The first-order valence-corrected chi connectivity index (χ1v) is 6.48. The SMILES string of the molecule is C[C@@H]1CN(C(=O)c2ccc(N(C)C)cc2F)CCN1. The summed E-state index contributed by atoms with van der Waals surface area (Å²) in [7, 11) is 3.68. The van der Waals surface area contributed by atoms with Gasteiger partial charge in [-0.2, -0.15) is 0 Å². The van der Waals surface area contributed by atoms with Gasteiger partial charge in [0.2, 0.25) is 0 Å². The fourth-order valence-electron chi connectivity index (χ4n) is 2.24. The molecule has 1 aliphatic rings.